The lowest BCUT2D eigenvalue weighted by Crippen LogP contribution is -2.28. The second-order valence-corrected chi connectivity index (χ2v) is 11.1. The van der Waals surface area contributed by atoms with Gasteiger partial charge in [-0.15, -0.1) is 11.3 Å². The predicted octanol–water partition coefficient (Wildman–Crippen LogP) is 2.28. The van der Waals surface area contributed by atoms with Gasteiger partial charge in [-0.3, -0.25) is 14.3 Å². The molecule has 0 radical (unpaired) electrons. The van der Waals surface area contributed by atoms with Crippen molar-refractivity contribution in [2.75, 3.05) is 18.1 Å². The van der Waals surface area contributed by atoms with Crippen LogP contribution in [0.1, 0.15) is 57.8 Å². The van der Waals surface area contributed by atoms with E-state index in [2.05, 4.69) is 5.32 Å². The minimum absolute atomic E-state index is 0.0263. The van der Waals surface area contributed by atoms with Crippen LogP contribution in [-0.2, 0) is 19.6 Å². The van der Waals surface area contributed by atoms with Crippen LogP contribution >= 0.6 is 11.3 Å². The molecule has 1 amide bonds. The lowest BCUT2D eigenvalue weighted by molar-refractivity contribution is -0.119. The number of anilines is 1. The first kappa shape index (κ1) is 25.8. The Labute approximate surface area is 188 Å². The molecule has 10 heteroatoms. The molecule has 176 valence electrons. The SMILES string of the molecule is CS(=O)(=O)NC(=O)CCCCCC[C@@H]1[C@@H](CCC(=O)CNc2cccs2)[C@H](O)C[C@@H]1O. The number of thiophene rings is 1. The van der Waals surface area contributed by atoms with Gasteiger partial charge in [-0.1, -0.05) is 19.3 Å². The van der Waals surface area contributed by atoms with Crippen molar-refractivity contribution in [2.45, 2.75) is 70.0 Å². The Morgan fingerprint density at radius 2 is 1.74 bits per heavy atom. The van der Waals surface area contributed by atoms with E-state index in [4.69, 9.17) is 0 Å². The van der Waals surface area contributed by atoms with Crippen molar-refractivity contribution in [1.29, 1.82) is 0 Å². The van der Waals surface area contributed by atoms with Gasteiger partial charge in [0.25, 0.3) is 0 Å². The highest BCUT2D eigenvalue weighted by Crippen LogP contribution is 2.39. The van der Waals surface area contributed by atoms with Crippen molar-refractivity contribution in [3.63, 3.8) is 0 Å². The zero-order valence-corrected chi connectivity index (χ0v) is 19.6. The van der Waals surface area contributed by atoms with E-state index >= 15 is 0 Å². The summed E-state index contributed by atoms with van der Waals surface area (Å²) in [5.74, 6) is -0.508. The van der Waals surface area contributed by atoms with Crippen LogP contribution in [0.5, 0.6) is 0 Å². The highest BCUT2D eigenvalue weighted by molar-refractivity contribution is 7.89. The second kappa shape index (κ2) is 12.5. The fourth-order valence-electron chi connectivity index (χ4n) is 4.24. The maximum atomic E-state index is 12.2. The first-order valence-corrected chi connectivity index (χ1v) is 13.6. The number of unbranched alkanes of at least 4 members (excludes halogenated alkanes) is 3. The fraction of sp³-hybridized carbons (Fsp3) is 0.714. The summed E-state index contributed by atoms with van der Waals surface area (Å²) in [7, 11) is -3.50. The summed E-state index contributed by atoms with van der Waals surface area (Å²) in [5.41, 5.74) is 0. The van der Waals surface area contributed by atoms with Crippen LogP contribution in [0.3, 0.4) is 0 Å². The number of carbonyl (C=O) groups excluding carboxylic acids is 2. The molecule has 1 aromatic rings. The lowest BCUT2D eigenvalue weighted by Gasteiger charge is -2.23. The molecule has 1 saturated carbocycles. The number of carbonyl (C=O) groups is 2. The molecule has 0 unspecified atom stereocenters. The molecule has 8 nitrogen and oxygen atoms in total. The molecular formula is C21H34N2O6S2. The highest BCUT2D eigenvalue weighted by Gasteiger charge is 2.40. The number of hydrogen-bond donors (Lipinski definition) is 4. The smallest absolute Gasteiger partial charge is 0.233 e. The van der Waals surface area contributed by atoms with Crippen LogP contribution < -0.4 is 10.0 Å². The molecule has 0 aliphatic heterocycles. The minimum atomic E-state index is -3.50. The number of sulfonamides is 1. The number of hydrogen-bond acceptors (Lipinski definition) is 8. The number of amides is 1. The molecule has 1 aromatic heterocycles. The molecule has 1 fully saturated rings. The molecule has 0 saturated heterocycles. The van der Waals surface area contributed by atoms with Gasteiger partial charge in [0.1, 0.15) is 0 Å². The van der Waals surface area contributed by atoms with E-state index in [1.807, 2.05) is 22.2 Å². The quantitative estimate of drug-likeness (QED) is 0.304. The molecular weight excluding hydrogens is 440 g/mol. The van der Waals surface area contributed by atoms with Gasteiger partial charge in [0, 0.05) is 12.8 Å². The van der Waals surface area contributed by atoms with Crippen LogP contribution in [0.4, 0.5) is 5.00 Å². The summed E-state index contributed by atoms with van der Waals surface area (Å²) in [6.45, 7) is 0.267. The monoisotopic (exact) mass is 474 g/mol. The molecule has 0 bridgehead atoms. The molecule has 1 aliphatic carbocycles. The van der Waals surface area contributed by atoms with Crippen molar-refractivity contribution in [2.24, 2.45) is 11.8 Å². The predicted molar refractivity (Wildman–Crippen MR) is 121 cm³/mol. The van der Waals surface area contributed by atoms with E-state index in [1.165, 1.54) is 0 Å². The molecule has 0 spiro atoms. The van der Waals surface area contributed by atoms with Crippen LogP contribution in [0.15, 0.2) is 17.5 Å². The van der Waals surface area contributed by atoms with E-state index in [0.717, 1.165) is 36.9 Å². The van der Waals surface area contributed by atoms with Crippen LogP contribution in [0.25, 0.3) is 0 Å². The second-order valence-electron chi connectivity index (χ2n) is 8.36. The molecule has 2 rings (SSSR count). The summed E-state index contributed by atoms with van der Waals surface area (Å²) in [5, 5.41) is 26.7. The summed E-state index contributed by atoms with van der Waals surface area (Å²) in [6.07, 6.45) is 5.15. The van der Waals surface area contributed by atoms with Crippen molar-refractivity contribution >= 4 is 38.1 Å². The van der Waals surface area contributed by atoms with E-state index in [9.17, 15) is 28.2 Å². The largest absolute Gasteiger partial charge is 0.393 e. The number of ketones is 1. The Kier molecular flexibility index (Phi) is 10.4. The first-order valence-electron chi connectivity index (χ1n) is 10.8. The number of aliphatic hydroxyl groups is 2. The summed E-state index contributed by atoms with van der Waals surface area (Å²) >= 11 is 1.54. The lowest BCUT2D eigenvalue weighted by atomic mass is 9.85. The number of aliphatic hydroxyl groups excluding tert-OH is 2. The van der Waals surface area contributed by atoms with E-state index in [1.54, 1.807) is 11.3 Å². The first-order chi connectivity index (χ1) is 14.7. The third-order valence-electron chi connectivity index (χ3n) is 5.75. The van der Waals surface area contributed by atoms with E-state index in [0.29, 0.717) is 25.7 Å². The Balaban J connectivity index is 1.65. The van der Waals surface area contributed by atoms with Crippen LogP contribution in [-0.4, -0.2) is 55.3 Å². The molecule has 4 atom stereocenters. The van der Waals surface area contributed by atoms with Crippen molar-refractivity contribution in [3.05, 3.63) is 17.5 Å². The Morgan fingerprint density at radius 3 is 2.39 bits per heavy atom. The van der Waals surface area contributed by atoms with Gasteiger partial charge in [0.2, 0.25) is 15.9 Å². The molecule has 31 heavy (non-hydrogen) atoms. The standard InChI is InChI=1S/C21H34N2O6S2/c1-31(28,29)23-20(27)8-5-3-2-4-7-16-17(19(26)13-18(16)25)11-10-15(24)14-22-21-9-6-12-30-21/h6,9,12,16-19,22,25-26H,2-5,7-8,10-11,13-14H2,1H3,(H,23,27)/t16-,17-,18+,19-/m1/s1. The molecule has 1 heterocycles. The minimum Gasteiger partial charge on any atom is -0.393 e. The van der Waals surface area contributed by atoms with Gasteiger partial charge in [0.05, 0.1) is 30.0 Å². The maximum Gasteiger partial charge on any atom is 0.233 e. The molecule has 4 N–H and O–H groups in total. The zero-order chi connectivity index (χ0) is 22.9. The summed E-state index contributed by atoms with van der Waals surface area (Å²) < 4.78 is 23.9. The summed E-state index contributed by atoms with van der Waals surface area (Å²) in [6, 6.07) is 3.84. The van der Waals surface area contributed by atoms with Crippen LogP contribution in [0.2, 0.25) is 0 Å². The number of rotatable bonds is 14. The van der Waals surface area contributed by atoms with Gasteiger partial charge in [-0.25, -0.2) is 8.42 Å². The normalized spacial score (nSPS) is 23.6. The highest BCUT2D eigenvalue weighted by atomic mass is 32.2. The van der Waals surface area contributed by atoms with Crippen molar-refractivity contribution in [1.82, 2.24) is 4.72 Å². The van der Waals surface area contributed by atoms with Gasteiger partial charge in [-0.2, -0.15) is 0 Å². The Bertz CT molecular complexity index is 797. The van der Waals surface area contributed by atoms with E-state index < -0.39 is 28.1 Å². The number of Topliss-reactive ketones (excluding diaryl/α,β-unsaturated/α-hetero) is 1. The van der Waals surface area contributed by atoms with Gasteiger partial charge < -0.3 is 15.5 Å². The summed E-state index contributed by atoms with van der Waals surface area (Å²) in [4.78, 5) is 23.7. The number of nitrogens with one attached hydrogen (secondary N) is 2. The van der Waals surface area contributed by atoms with Gasteiger partial charge >= 0.3 is 0 Å². The maximum absolute atomic E-state index is 12.2. The third-order valence-corrected chi connectivity index (χ3v) is 7.18. The van der Waals surface area contributed by atoms with Crippen molar-refractivity contribution < 1.29 is 28.2 Å². The van der Waals surface area contributed by atoms with Crippen molar-refractivity contribution in [3.8, 4) is 0 Å². The topological polar surface area (TPSA) is 133 Å². The average molecular weight is 475 g/mol. The van der Waals surface area contributed by atoms with E-state index in [-0.39, 0.29) is 30.6 Å². The Hall–Kier alpha value is -1.49. The fourth-order valence-corrected chi connectivity index (χ4v) is 5.37. The van der Waals surface area contributed by atoms with Gasteiger partial charge in [0.15, 0.2) is 5.78 Å². The third kappa shape index (κ3) is 9.67. The van der Waals surface area contributed by atoms with Gasteiger partial charge in [-0.05, 0) is 55.0 Å². The van der Waals surface area contributed by atoms with Crippen LogP contribution in [0, 0.1) is 11.8 Å². The molecule has 1 aliphatic rings. The molecule has 0 aromatic carbocycles. The Morgan fingerprint density at radius 1 is 1.06 bits per heavy atom. The zero-order valence-electron chi connectivity index (χ0n) is 18.0. The average Bonchev–Trinajstić information content (AvgIpc) is 3.27.